The number of methoxy groups -OCH3 is 1. The average Bonchev–Trinajstić information content (AvgIpc) is 2.69. The fourth-order valence-corrected chi connectivity index (χ4v) is 4.70. The monoisotopic (exact) mass is 399 g/mol. The highest BCUT2D eigenvalue weighted by Gasteiger charge is 2.26. The lowest BCUT2D eigenvalue weighted by atomic mass is 10.0. The Morgan fingerprint density at radius 3 is 2.26 bits per heavy atom. The molecule has 27 heavy (non-hydrogen) atoms. The van der Waals surface area contributed by atoms with Gasteiger partial charge in [-0.2, -0.15) is 12.7 Å². The molecule has 2 rings (SSSR count). The van der Waals surface area contributed by atoms with Crippen LogP contribution >= 0.6 is 0 Å². The molecule has 1 aliphatic heterocycles. The van der Waals surface area contributed by atoms with Gasteiger partial charge in [0.05, 0.1) is 20.3 Å². The minimum absolute atomic E-state index is 0.0420. The summed E-state index contributed by atoms with van der Waals surface area (Å²) in [4.78, 5) is 2.28. The fourth-order valence-electron chi connectivity index (χ4n) is 3.30. The second kappa shape index (κ2) is 11.0. The van der Waals surface area contributed by atoms with Crippen LogP contribution in [-0.4, -0.2) is 70.7 Å². The molecule has 1 aromatic carbocycles. The van der Waals surface area contributed by atoms with E-state index in [0.717, 1.165) is 37.2 Å². The maximum absolute atomic E-state index is 12.8. The highest BCUT2D eigenvalue weighted by Crippen LogP contribution is 2.24. The molecule has 0 aliphatic carbocycles. The molecule has 0 spiro atoms. The van der Waals surface area contributed by atoms with E-state index in [1.54, 1.807) is 7.11 Å². The summed E-state index contributed by atoms with van der Waals surface area (Å²) >= 11 is 0. The molecule has 1 aromatic rings. The molecule has 0 radical (unpaired) electrons. The third-order valence-corrected chi connectivity index (χ3v) is 6.31. The van der Waals surface area contributed by atoms with Crippen LogP contribution in [0.5, 0.6) is 5.75 Å². The minimum atomic E-state index is -3.50. The van der Waals surface area contributed by atoms with E-state index in [1.165, 1.54) is 4.31 Å². The van der Waals surface area contributed by atoms with Crippen LogP contribution in [0, 0.1) is 0 Å². The number of benzene rings is 1. The summed E-state index contributed by atoms with van der Waals surface area (Å²) in [6.07, 6.45) is 1.60. The van der Waals surface area contributed by atoms with Gasteiger partial charge in [-0.1, -0.05) is 26.0 Å². The van der Waals surface area contributed by atoms with Crippen LogP contribution in [0.1, 0.15) is 38.3 Å². The fraction of sp³-hybridized carbons (Fsp3) is 0.684. The van der Waals surface area contributed by atoms with Crippen molar-refractivity contribution < 1.29 is 17.9 Å². The number of hydrogen-bond donors (Lipinski definition) is 1. The van der Waals surface area contributed by atoms with Crippen molar-refractivity contribution in [1.29, 1.82) is 0 Å². The lowest BCUT2D eigenvalue weighted by Gasteiger charge is -2.35. The van der Waals surface area contributed by atoms with Crippen molar-refractivity contribution >= 4 is 10.2 Å². The Balaban J connectivity index is 2.15. The van der Waals surface area contributed by atoms with E-state index in [2.05, 4.69) is 9.62 Å². The Morgan fingerprint density at radius 2 is 1.74 bits per heavy atom. The predicted molar refractivity (Wildman–Crippen MR) is 107 cm³/mol. The van der Waals surface area contributed by atoms with E-state index in [4.69, 9.17) is 9.47 Å². The Kier molecular flexibility index (Phi) is 8.98. The number of rotatable bonds is 11. The van der Waals surface area contributed by atoms with Gasteiger partial charge in [-0.25, -0.2) is 4.72 Å². The van der Waals surface area contributed by atoms with E-state index in [1.807, 2.05) is 38.1 Å². The zero-order chi connectivity index (χ0) is 19.7. The molecule has 0 saturated carbocycles. The average molecular weight is 400 g/mol. The standard InChI is InChI=1S/C19H33N3O4S/c1-4-10-22(11-5-2)27(23,24)20-16-19(21-12-14-26-15-13-21)17-6-8-18(25-3)9-7-17/h6-9,19-20H,4-5,10-16H2,1-3H3/t19-/m0/s1. The number of morpholine rings is 1. The topological polar surface area (TPSA) is 71.1 Å². The van der Waals surface area contributed by atoms with E-state index in [0.29, 0.717) is 32.8 Å². The molecule has 1 heterocycles. The van der Waals surface area contributed by atoms with Gasteiger partial charge in [-0.15, -0.1) is 0 Å². The maximum Gasteiger partial charge on any atom is 0.279 e. The van der Waals surface area contributed by atoms with E-state index < -0.39 is 10.2 Å². The number of nitrogens with zero attached hydrogens (tertiary/aromatic N) is 2. The Morgan fingerprint density at radius 1 is 1.15 bits per heavy atom. The number of hydrogen-bond acceptors (Lipinski definition) is 5. The summed E-state index contributed by atoms with van der Waals surface area (Å²) < 4.78 is 40.6. The Labute approximate surface area is 163 Å². The lowest BCUT2D eigenvalue weighted by Crippen LogP contribution is -2.47. The molecule has 154 valence electrons. The van der Waals surface area contributed by atoms with Crippen LogP contribution in [0.4, 0.5) is 0 Å². The molecule has 8 heteroatoms. The van der Waals surface area contributed by atoms with Crippen LogP contribution in [0.2, 0.25) is 0 Å². The molecule has 1 atom stereocenters. The van der Waals surface area contributed by atoms with Crippen LogP contribution in [0.15, 0.2) is 24.3 Å². The molecular weight excluding hydrogens is 366 g/mol. The molecule has 0 bridgehead atoms. The first kappa shape index (κ1) is 22.1. The molecule has 7 nitrogen and oxygen atoms in total. The van der Waals surface area contributed by atoms with Crippen LogP contribution in [0.25, 0.3) is 0 Å². The normalized spacial score (nSPS) is 17.2. The van der Waals surface area contributed by atoms with Crippen LogP contribution in [0.3, 0.4) is 0 Å². The van der Waals surface area contributed by atoms with Gasteiger partial charge in [0.1, 0.15) is 5.75 Å². The molecule has 0 unspecified atom stereocenters. The minimum Gasteiger partial charge on any atom is -0.497 e. The Bertz CT molecular complexity index is 639. The predicted octanol–water partition coefficient (Wildman–Crippen LogP) is 2.02. The van der Waals surface area contributed by atoms with Gasteiger partial charge in [0.2, 0.25) is 0 Å². The summed E-state index contributed by atoms with van der Waals surface area (Å²) in [7, 11) is -1.86. The van der Waals surface area contributed by atoms with E-state index >= 15 is 0 Å². The molecule has 1 N–H and O–H groups in total. The molecule has 0 amide bonds. The zero-order valence-corrected chi connectivity index (χ0v) is 17.5. The molecule has 0 aromatic heterocycles. The summed E-state index contributed by atoms with van der Waals surface area (Å²) in [6, 6.07) is 7.79. The highest BCUT2D eigenvalue weighted by atomic mass is 32.2. The molecular formula is C19H33N3O4S. The summed E-state index contributed by atoms with van der Waals surface area (Å²) in [5.74, 6) is 0.789. The number of nitrogens with one attached hydrogen (secondary N) is 1. The summed E-state index contributed by atoms with van der Waals surface area (Å²) in [5, 5.41) is 0. The van der Waals surface area contributed by atoms with Gasteiger partial charge in [-0.05, 0) is 30.5 Å². The third kappa shape index (κ3) is 6.43. The zero-order valence-electron chi connectivity index (χ0n) is 16.7. The van der Waals surface area contributed by atoms with Gasteiger partial charge < -0.3 is 9.47 Å². The van der Waals surface area contributed by atoms with Gasteiger partial charge in [0.15, 0.2) is 0 Å². The maximum atomic E-state index is 12.8. The van der Waals surface area contributed by atoms with Crippen molar-refractivity contribution in [2.45, 2.75) is 32.7 Å². The van der Waals surface area contributed by atoms with Crippen molar-refractivity contribution in [2.24, 2.45) is 0 Å². The molecule has 1 saturated heterocycles. The van der Waals surface area contributed by atoms with Gasteiger partial charge in [0, 0.05) is 38.8 Å². The Hall–Kier alpha value is -1.19. The van der Waals surface area contributed by atoms with Crippen LogP contribution in [-0.2, 0) is 14.9 Å². The van der Waals surface area contributed by atoms with Crippen molar-refractivity contribution in [3.05, 3.63) is 29.8 Å². The SMILES string of the molecule is CCCN(CCC)S(=O)(=O)NC[C@@H](c1ccc(OC)cc1)N1CCOCC1. The summed E-state index contributed by atoms with van der Waals surface area (Å²) in [6.45, 7) is 8.28. The third-order valence-electron chi connectivity index (χ3n) is 4.73. The van der Waals surface area contributed by atoms with Crippen molar-refractivity contribution in [1.82, 2.24) is 13.9 Å². The number of ether oxygens (including phenoxy) is 2. The first-order valence-electron chi connectivity index (χ1n) is 9.72. The highest BCUT2D eigenvalue weighted by molar-refractivity contribution is 7.87. The second-order valence-electron chi connectivity index (χ2n) is 6.69. The van der Waals surface area contributed by atoms with Crippen LogP contribution < -0.4 is 9.46 Å². The van der Waals surface area contributed by atoms with E-state index in [-0.39, 0.29) is 6.04 Å². The van der Waals surface area contributed by atoms with Crippen molar-refractivity contribution in [3.63, 3.8) is 0 Å². The first-order chi connectivity index (χ1) is 13.0. The molecule has 1 fully saturated rings. The van der Waals surface area contributed by atoms with Crippen molar-refractivity contribution in [3.8, 4) is 5.75 Å². The summed E-state index contributed by atoms with van der Waals surface area (Å²) in [5.41, 5.74) is 1.07. The van der Waals surface area contributed by atoms with Crippen molar-refractivity contribution in [2.75, 3.05) is 53.0 Å². The van der Waals surface area contributed by atoms with E-state index in [9.17, 15) is 8.42 Å². The largest absolute Gasteiger partial charge is 0.497 e. The van der Waals surface area contributed by atoms with Gasteiger partial charge in [0.25, 0.3) is 10.2 Å². The first-order valence-corrected chi connectivity index (χ1v) is 11.2. The lowest BCUT2D eigenvalue weighted by molar-refractivity contribution is 0.0171. The second-order valence-corrected chi connectivity index (χ2v) is 8.45. The van der Waals surface area contributed by atoms with Gasteiger partial charge in [-0.3, -0.25) is 4.90 Å². The van der Waals surface area contributed by atoms with Gasteiger partial charge >= 0.3 is 0 Å². The smallest absolute Gasteiger partial charge is 0.279 e. The quantitative estimate of drug-likeness (QED) is 0.616. The molecule has 1 aliphatic rings.